The summed E-state index contributed by atoms with van der Waals surface area (Å²) in [4.78, 5) is 30.6. The van der Waals surface area contributed by atoms with E-state index in [1.165, 1.54) is 12.1 Å². The molecule has 0 aliphatic carbocycles. The number of rotatable bonds is 5. The number of non-ortho nitro benzene ring substituents is 1. The molecule has 1 aliphatic rings. The molecule has 0 N–H and O–H groups in total. The molecule has 30 heavy (non-hydrogen) atoms. The first kappa shape index (κ1) is 19.6. The van der Waals surface area contributed by atoms with Crippen LogP contribution in [0.1, 0.15) is 24.1 Å². The van der Waals surface area contributed by atoms with E-state index >= 15 is 0 Å². The zero-order valence-electron chi connectivity index (χ0n) is 17.0. The molecular weight excluding hydrogens is 382 g/mol. The number of aliphatic imine (C=N–C) groups is 1. The molecule has 4 rings (SSSR count). The third-order valence-electron chi connectivity index (χ3n) is 5.53. The fourth-order valence-electron chi connectivity index (χ4n) is 3.84. The van der Waals surface area contributed by atoms with Crippen molar-refractivity contribution in [2.75, 3.05) is 18.0 Å². The lowest BCUT2D eigenvalue weighted by molar-refractivity contribution is -0.384. The second kappa shape index (κ2) is 7.98. The van der Waals surface area contributed by atoms with Crippen molar-refractivity contribution >= 4 is 23.3 Å². The number of nitrogens with zero attached hydrogens (tertiary/aromatic N) is 5. The SMILES string of the molecule is Cc1c(N=Cc2cc([N+](=O)[O-])ccc2N2CCCC2)c(=O)n(-c2ccccc2)n1C. The van der Waals surface area contributed by atoms with Crippen LogP contribution in [0.4, 0.5) is 17.1 Å². The van der Waals surface area contributed by atoms with Crippen molar-refractivity contribution in [3.8, 4) is 5.69 Å². The van der Waals surface area contributed by atoms with Gasteiger partial charge in [0.2, 0.25) is 0 Å². The van der Waals surface area contributed by atoms with Crippen molar-refractivity contribution in [1.82, 2.24) is 9.36 Å². The number of anilines is 1. The lowest BCUT2D eigenvalue weighted by Crippen LogP contribution is -2.19. The van der Waals surface area contributed by atoms with Gasteiger partial charge in [-0.1, -0.05) is 18.2 Å². The van der Waals surface area contributed by atoms with E-state index in [0.29, 0.717) is 16.9 Å². The van der Waals surface area contributed by atoms with Crippen molar-refractivity contribution in [1.29, 1.82) is 0 Å². The maximum absolute atomic E-state index is 13.1. The Hall–Kier alpha value is -3.68. The summed E-state index contributed by atoms with van der Waals surface area (Å²) >= 11 is 0. The molecule has 3 aromatic rings. The third-order valence-corrected chi connectivity index (χ3v) is 5.53. The van der Waals surface area contributed by atoms with E-state index in [1.807, 2.05) is 44.3 Å². The fourth-order valence-corrected chi connectivity index (χ4v) is 3.84. The molecule has 0 saturated carbocycles. The molecule has 1 saturated heterocycles. The van der Waals surface area contributed by atoms with Gasteiger partial charge in [-0.05, 0) is 38.0 Å². The van der Waals surface area contributed by atoms with Gasteiger partial charge in [-0.15, -0.1) is 0 Å². The predicted molar refractivity (Wildman–Crippen MR) is 118 cm³/mol. The molecule has 2 aromatic carbocycles. The summed E-state index contributed by atoms with van der Waals surface area (Å²) in [5, 5.41) is 11.3. The quantitative estimate of drug-likeness (QED) is 0.368. The normalized spacial score (nSPS) is 14.0. The Kier molecular flexibility index (Phi) is 5.22. The van der Waals surface area contributed by atoms with Gasteiger partial charge in [-0.2, -0.15) is 0 Å². The zero-order valence-corrected chi connectivity index (χ0v) is 17.0. The van der Waals surface area contributed by atoms with Crippen LogP contribution in [-0.2, 0) is 7.05 Å². The molecule has 8 nitrogen and oxygen atoms in total. The van der Waals surface area contributed by atoms with Crippen molar-refractivity contribution in [2.24, 2.45) is 12.0 Å². The van der Waals surface area contributed by atoms with Crippen LogP contribution in [0.25, 0.3) is 5.69 Å². The van der Waals surface area contributed by atoms with E-state index in [1.54, 1.807) is 21.6 Å². The highest BCUT2D eigenvalue weighted by molar-refractivity contribution is 5.90. The second-order valence-corrected chi connectivity index (χ2v) is 7.36. The Morgan fingerprint density at radius 2 is 1.80 bits per heavy atom. The van der Waals surface area contributed by atoms with E-state index in [9.17, 15) is 14.9 Å². The van der Waals surface area contributed by atoms with Crippen LogP contribution in [0.5, 0.6) is 0 Å². The number of nitro benzene ring substituents is 1. The summed E-state index contributed by atoms with van der Waals surface area (Å²) < 4.78 is 3.33. The smallest absolute Gasteiger partial charge is 0.297 e. The summed E-state index contributed by atoms with van der Waals surface area (Å²) in [7, 11) is 1.81. The van der Waals surface area contributed by atoms with E-state index in [2.05, 4.69) is 9.89 Å². The summed E-state index contributed by atoms with van der Waals surface area (Å²) in [5.41, 5.74) is 3.10. The number of para-hydroxylation sites is 1. The third kappa shape index (κ3) is 3.52. The maximum atomic E-state index is 13.1. The Balaban J connectivity index is 1.78. The molecule has 0 amide bonds. The molecule has 154 valence electrons. The minimum atomic E-state index is -0.415. The molecule has 0 unspecified atom stereocenters. The lowest BCUT2D eigenvalue weighted by atomic mass is 10.1. The highest BCUT2D eigenvalue weighted by atomic mass is 16.6. The molecule has 2 heterocycles. The Morgan fingerprint density at radius 3 is 2.47 bits per heavy atom. The largest absolute Gasteiger partial charge is 0.371 e. The number of nitro groups is 1. The number of hydrogen-bond acceptors (Lipinski definition) is 5. The maximum Gasteiger partial charge on any atom is 0.297 e. The van der Waals surface area contributed by atoms with Crippen LogP contribution in [0.2, 0.25) is 0 Å². The van der Waals surface area contributed by atoms with Gasteiger partial charge in [-0.3, -0.25) is 19.6 Å². The van der Waals surface area contributed by atoms with Crippen LogP contribution < -0.4 is 10.5 Å². The highest BCUT2D eigenvalue weighted by Gasteiger charge is 2.19. The van der Waals surface area contributed by atoms with E-state index in [4.69, 9.17) is 0 Å². The van der Waals surface area contributed by atoms with Crippen LogP contribution in [-0.4, -0.2) is 33.6 Å². The topological polar surface area (TPSA) is 85.7 Å². The van der Waals surface area contributed by atoms with Crippen LogP contribution in [0.3, 0.4) is 0 Å². The van der Waals surface area contributed by atoms with Crippen LogP contribution >= 0.6 is 0 Å². The van der Waals surface area contributed by atoms with Crippen LogP contribution in [0, 0.1) is 17.0 Å². The standard InChI is InChI=1S/C22H23N5O3/c1-16-21(22(28)26(24(16)2)18-8-4-3-5-9-18)23-15-17-14-19(27(29)30)10-11-20(17)25-12-6-7-13-25/h3-5,8-11,14-15H,6-7,12-13H2,1-2H3. The minimum absolute atomic E-state index is 0.00544. The van der Waals surface area contributed by atoms with Gasteiger partial charge in [0.1, 0.15) is 0 Å². The molecule has 0 bridgehead atoms. The first-order valence-corrected chi connectivity index (χ1v) is 9.89. The van der Waals surface area contributed by atoms with Gasteiger partial charge in [-0.25, -0.2) is 9.67 Å². The first-order chi connectivity index (χ1) is 14.5. The highest BCUT2D eigenvalue weighted by Crippen LogP contribution is 2.28. The van der Waals surface area contributed by atoms with E-state index in [0.717, 1.165) is 37.3 Å². The fraction of sp³-hybridized carbons (Fsp3) is 0.273. The molecule has 1 aromatic heterocycles. The Bertz CT molecular complexity index is 1170. The van der Waals surface area contributed by atoms with Crippen molar-refractivity contribution in [3.63, 3.8) is 0 Å². The molecule has 1 aliphatic heterocycles. The van der Waals surface area contributed by atoms with Gasteiger partial charge >= 0.3 is 0 Å². The van der Waals surface area contributed by atoms with Crippen molar-refractivity contribution in [2.45, 2.75) is 19.8 Å². The molecule has 0 atom stereocenters. The van der Waals surface area contributed by atoms with Gasteiger partial charge in [0.15, 0.2) is 5.69 Å². The van der Waals surface area contributed by atoms with Gasteiger partial charge < -0.3 is 4.90 Å². The number of hydrogen-bond donors (Lipinski definition) is 0. The van der Waals surface area contributed by atoms with E-state index in [-0.39, 0.29) is 11.2 Å². The molecule has 1 fully saturated rings. The zero-order chi connectivity index (χ0) is 21.3. The average Bonchev–Trinajstić information content (AvgIpc) is 3.35. The summed E-state index contributed by atoms with van der Waals surface area (Å²) in [5.74, 6) is 0. The average molecular weight is 405 g/mol. The predicted octanol–water partition coefficient (Wildman–Crippen LogP) is 3.74. The van der Waals surface area contributed by atoms with Crippen molar-refractivity contribution < 1.29 is 4.92 Å². The Morgan fingerprint density at radius 1 is 1.10 bits per heavy atom. The monoisotopic (exact) mass is 405 g/mol. The first-order valence-electron chi connectivity index (χ1n) is 9.89. The van der Waals surface area contributed by atoms with E-state index < -0.39 is 4.92 Å². The summed E-state index contributed by atoms with van der Waals surface area (Å²) in [6.07, 6.45) is 3.75. The van der Waals surface area contributed by atoms with Gasteiger partial charge in [0.05, 0.1) is 16.3 Å². The number of benzene rings is 2. The Labute approximate surface area is 173 Å². The molecule has 8 heteroatoms. The summed E-state index contributed by atoms with van der Waals surface area (Å²) in [6, 6.07) is 14.2. The summed E-state index contributed by atoms with van der Waals surface area (Å²) in [6.45, 7) is 3.65. The number of aromatic nitrogens is 2. The molecule has 0 spiro atoms. The lowest BCUT2D eigenvalue weighted by Gasteiger charge is -2.19. The minimum Gasteiger partial charge on any atom is -0.371 e. The van der Waals surface area contributed by atoms with Crippen molar-refractivity contribution in [3.05, 3.63) is 80.3 Å². The second-order valence-electron chi connectivity index (χ2n) is 7.36. The van der Waals surface area contributed by atoms with Gasteiger partial charge in [0, 0.05) is 49.7 Å². The molecule has 0 radical (unpaired) electrons. The van der Waals surface area contributed by atoms with Crippen LogP contribution in [0.15, 0.2) is 58.3 Å². The van der Waals surface area contributed by atoms with Gasteiger partial charge in [0.25, 0.3) is 11.2 Å². The molecular formula is C22H23N5O3.